The first kappa shape index (κ1) is 16.0. The topological polar surface area (TPSA) is 76.6 Å². The lowest BCUT2D eigenvalue weighted by atomic mass is 10.1. The van der Waals surface area contributed by atoms with E-state index in [2.05, 4.69) is 4.98 Å². The molecule has 26 heavy (non-hydrogen) atoms. The van der Waals surface area contributed by atoms with Gasteiger partial charge in [-0.3, -0.25) is 9.59 Å². The Labute approximate surface area is 149 Å². The first-order valence-corrected chi connectivity index (χ1v) is 8.19. The van der Waals surface area contributed by atoms with Gasteiger partial charge in [0.15, 0.2) is 5.69 Å². The van der Waals surface area contributed by atoms with Gasteiger partial charge in [0.25, 0.3) is 11.8 Å². The number of fused-ring (bicyclic) bond motifs is 2. The second kappa shape index (κ2) is 6.07. The van der Waals surface area contributed by atoms with Gasteiger partial charge in [0.1, 0.15) is 0 Å². The fourth-order valence-corrected chi connectivity index (χ4v) is 2.99. The summed E-state index contributed by atoms with van der Waals surface area (Å²) in [5.41, 5.74) is 2.16. The molecule has 0 bridgehead atoms. The summed E-state index contributed by atoms with van der Waals surface area (Å²) in [6, 6.07) is 15.4. The van der Waals surface area contributed by atoms with E-state index in [1.54, 1.807) is 18.2 Å². The zero-order valence-electron chi connectivity index (χ0n) is 13.9. The fourth-order valence-electron chi connectivity index (χ4n) is 2.99. The first-order chi connectivity index (χ1) is 12.6. The van der Waals surface area contributed by atoms with E-state index in [4.69, 9.17) is 4.84 Å². The Morgan fingerprint density at radius 1 is 0.962 bits per heavy atom. The molecule has 6 nitrogen and oxygen atoms in total. The molecule has 2 heterocycles. The molecule has 0 spiro atoms. The molecule has 6 heteroatoms. The Morgan fingerprint density at radius 2 is 1.65 bits per heavy atom. The summed E-state index contributed by atoms with van der Waals surface area (Å²) in [6.07, 6.45) is 0.765. The zero-order chi connectivity index (χ0) is 18.3. The lowest BCUT2D eigenvalue weighted by Crippen LogP contribution is -2.33. The average Bonchev–Trinajstić information content (AvgIpc) is 2.92. The van der Waals surface area contributed by atoms with E-state index in [1.165, 1.54) is 18.2 Å². The number of imide groups is 1. The average molecular weight is 346 g/mol. The maximum absolute atomic E-state index is 12.5. The quantitative estimate of drug-likeness (QED) is 0.681. The molecule has 0 N–H and O–H groups in total. The molecule has 4 rings (SSSR count). The monoisotopic (exact) mass is 346 g/mol. The number of hydrogen-bond acceptors (Lipinski definition) is 5. The van der Waals surface area contributed by atoms with E-state index in [0.717, 1.165) is 17.4 Å². The highest BCUT2D eigenvalue weighted by molar-refractivity contribution is 6.21. The van der Waals surface area contributed by atoms with Crippen LogP contribution in [0, 0.1) is 0 Å². The summed E-state index contributed by atoms with van der Waals surface area (Å²) in [6.45, 7) is 2.00. The van der Waals surface area contributed by atoms with E-state index in [0.29, 0.717) is 10.6 Å². The molecular weight excluding hydrogens is 332 g/mol. The molecule has 2 aromatic carbocycles. The molecule has 128 valence electrons. The van der Waals surface area contributed by atoms with Gasteiger partial charge in [-0.2, -0.15) is 0 Å². The number of nitrogens with zero attached hydrogens (tertiary/aromatic N) is 2. The summed E-state index contributed by atoms with van der Waals surface area (Å²) in [7, 11) is 0. The minimum Gasteiger partial charge on any atom is -0.323 e. The number of carbonyl (C=O) groups is 3. The number of aromatic nitrogens is 1. The van der Waals surface area contributed by atoms with Gasteiger partial charge in [-0.1, -0.05) is 48.4 Å². The summed E-state index contributed by atoms with van der Waals surface area (Å²) in [4.78, 5) is 46.5. The van der Waals surface area contributed by atoms with E-state index in [1.807, 2.05) is 25.1 Å². The predicted molar refractivity (Wildman–Crippen MR) is 93.5 cm³/mol. The summed E-state index contributed by atoms with van der Waals surface area (Å²) in [5.74, 6) is -2.17. The Balaban J connectivity index is 1.64. The van der Waals surface area contributed by atoms with Crippen LogP contribution in [0.5, 0.6) is 0 Å². The van der Waals surface area contributed by atoms with Crippen molar-refractivity contribution in [3.63, 3.8) is 0 Å². The number of hydroxylamine groups is 2. The van der Waals surface area contributed by atoms with E-state index in [-0.39, 0.29) is 16.8 Å². The highest BCUT2D eigenvalue weighted by atomic mass is 16.7. The Morgan fingerprint density at radius 3 is 2.31 bits per heavy atom. The van der Waals surface area contributed by atoms with Crippen LogP contribution in [0.3, 0.4) is 0 Å². The number of rotatable bonds is 3. The number of amides is 2. The number of benzene rings is 2. The molecule has 1 aromatic heterocycles. The van der Waals surface area contributed by atoms with Gasteiger partial charge in [-0.05, 0) is 30.2 Å². The Kier molecular flexibility index (Phi) is 3.73. The normalized spacial score (nSPS) is 13.2. The van der Waals surface area contributed by atoms with Crippen molar-refractivity contribution < 1.29 is 19.2 Å². The zero-order valence-corrected chi connectivity index (χ0v) is 13.9. The largest absolute Gasteiger partial charge is 0.382 e. The maximum Gasteiger partial charge on any atom is 0.382 e. The van der Waals surface area contributed by atoms with Crippen LogP contribution in [0.1, 0.15) is 43.7 Å². The Hall–Kier alpha value is -3.54. The second-order valence-corrected chi connectivity index (χ2v) is 5.87. The van der Waals surface area contributed by atoms with Gasteiger partial charge in [0.05, 0.1) is 16.6 Å². The van der Waals surface area contributed by atoms with Crippen molar-refractivity contribution in [3.8, 4) is 0 Å². The van der Waals surface area contributed by atoms with Gasteiger partial charge in [-0.15, -0.1) is 0 Å². The van der Waals surface area contributed by atoms with Gasteiger partial charge in [0, 0.05) is 5.39 Å². The molecule has 1 aliphatic rings. The van der Waals surface area contributed by atoms with Crippen molar-refractivity contribution in [1.29, 1.82) is 0 Å². The molecule has 0 aliphatic carbocycles. The number of carbonyl (C=O) groups excluding carboxylic acids is 3. The molecule has 3 aromatic rings. The third-order valence-corrected chi connectivity index (χ3v) is 4.32. The molecule has 0 fully saturated rings. The third kappa shape index (κ3) is 2.43. The van der Waals surface area contributed by atoms with Crippen molar-refractivity contribution in [3.05, 3.63) is 77.0 Å². The van der Waals surface area contributed by atoms with Crippen molar-refractivity contribution in [2.24, 2.45) is 0 Å². The van der Waals surface area contributed by atoms with Gasteiger partial charge in [-0.25, -0.2) is 9.78 Å². The van der Waals surface area contributed by atoms with Crippen LogP contribution in [-0.2, 0) is 11.3 Å². The number of pyridine rings is 1. The van der Waals surface area contributed by atoms with Crippen LogP contribution in [0.4, 0.5) is 0 Å². The summed E-state index contributed by atoms with van der Waals surface area (Å²) in [5, 5.41) is 1.39. The maximum atomic E-state index is 12.5. The lowest BCUT2D eigenvalue weighted by molar-refractivity contribution is -0.0588. The molecule has 0 saturated carbocycles. The molecule has 2 amide bonds. The molecule has 0 unspecified atom stereocenters. The number of hydrogen-bond donors (Lipinski definition) is 0. The highest BCUT2D eigenvalue weighted by Gasteiger charge is 2.39. The predicted octanol–water partition coefficient (Wildman–Crippen LogP) is 3.17. The molecule has 0 radical (unpaired) electrons. The minimum atomic E-state index is -0.854. The summed E-state index contributed by atoms with van der Waals surface area (Å²) >= 11 is 0. The highest BCUT2D eigenvalue weighted by Crippen LogP contribution is 2.24. The van der Waals surface area contributed by atoms with Crippen LogP contribution in [0.2, 0.25) is 0 Å². The minimum absolute atomic E-state index is 0.0370. The van der Waals surface area contributed by atoms with E-state index in [9.17, 15) is 14.4 Å². The first-order valence-electron chi connectivity index (χ1n) is 8.19. The smallest absolute Gasteiger partial charge is 0.323 e. The van der Waals surface area contributed by atoms with Crippen molar-refractivity contribution in [1.82, 2.24) is 10.0 Å². The van der Waals surface area contributed by atoms with Gasteiger partial charge < -0.3 is 4.84 Å². The number of aryl methyl sites for hydroxylation is 1. The molecule has 0 saturated heterocycles. The van der Waals surface area contributed by atoms with Gasteiger partial charge >= 0.3 is 5.97 Å². The van der Waals surface area contributed by atoms with Crippen molar-refractivity contribution in [2.45, 2.75) is 13.3 Å². The van der Waals surface area contributed by atoms with Crippen LogP contribution in [0.25, 0.3) is 10.9 Å². The van der Waals surface area contributed by atoms with E-state index < -0.39 is 17.8 Å². The third-order valence-electron chi connectivity index (χ3n) is 4.32. The molecule has 0 atom stereocenters. The SMILES string of the molecule is CCc1cccc2ccc(C(=O)ON3C(=O)c4ccccc4C3=O)nc12. The van der Waals surface area contributed by atoms with Gasteiger partial charge in [0.2, 0.25) is 0 Å². The van der Waals surface area contributed by atoms with E-state index >= 15 is 0 Å². The van der Waals surface area contributed by atoms with Crippen LogP contribution in [0.15, 0.2) is 54.6 Å². The van der Waals surface area contributed by atoms with Crippen LogP contribution >= 0.6 is 0 Å². The van der Waals surface area contributed by atoms with Crippen molar-refractivity contribution in [2.75, 3.05) is 0 Å². The van der Waals surface area contributed by atoms with Crippen molar-refractivity contribution >= 4 is 28.7 Å². The Bertz CT molecular complexity index is 1040. The lowest BCUT2D eigenvalue weighted by Gasteiger charge is -2.12. The second-order valence-electron chi connectivity index (χ2n) is 5.87. The van der Waals surface area contributed by atoms with Crippen LogP contribution in [-0.4, -0.2) is 27.8 Å². The fraction of sp³-hybridized carbons (Fsp3) is 0.100. The molecular formula is C20H14N2O4. The van der Waals surface area contributed by atoms with Crippen LogP contribution < -0.4 is 0 Å². The summed E-state index contributed by atoms with van der Waals surface area (Å²) < 4.78 is 0. The number of para-hydroxylation sites is 1. The standard InChI is InChI=1S/C20H14N2O4/c1-2-12-6-5-7-13-10-11-16(21-17(12)13)20(25)26-22-18(23)14-8-3-4-9-15(14)19(22)24/h3-11H,2H2,1H3. The molecule has 1 aliphatic heterocycles.